The second-order valence-corrected chi connectivity index (χ2v) is 8.63. The summed E-state index contributed by atoms with van der Waals surface area (Å²) in [6.07, 6.45) is -0.185. The number of benzene rings is 2. The number of halogens is 1. The van der Waals surface area contributed by atoms with Gasteiger partial charge < -0.3 is 5.32 Å². The molecule has 0 radical (unpaired) electrons. The van der Waals surface area contributed by atoms with Gasteiger partial charge in [-0.05, 0) is 42.5 Å². The molecule has 0 saturated heterocycles. The Morgan fingerprint density at radius 3 is 2.40 bits per heavy atom. The van der Waals surface area contributed by atoms with Crippen molar-refractivity contribution in [3.63, 3.8) is 0 Å². The monoisotopic (exact) mass is 429 g/mol. The van der Waals surface area contributed by atoms with Gasteiger partial charge in [0.05, 0.1) is 22.9 Å². The van der Waals surface area contributed by atoms with Gasteiger partial charge in [0.2, 0.25) is 5.91 Å². The quantitative estimate of drug-likeness (QED) is 0.591. The van der Waals surface area contributed by atoms with Gasteiger partial charge in [0, 0.05) is 24.6 Å². The van der Waals surface area contributed by atoms with E-state index in [1.165, 1.54) is 35.0 Å². The van der Waals surface area contributed by atoms with Gasteiger partial charge in [-0.3, -0.25) is 9.59 Å². The third-order valence-electron chi connectivity index (χ3n) is 4.35. The predicted molar refractivity (Wildman–Crippen MR) is 110 cm³/mol. The predicted octanol–water partition coefficient (Wildman–Crippen LogP) is 2.03. The van der Waals surface area contributed by atoms with Crippen molar-refractivity contribution < 1.29 is 17.6 Å². The number of aromatic nitrogens is 2. The van der Waals surface area contributed by atoms with E-state index < -0.39 is 15.7 Å². The molecule has 0 unspecified atom stereocenters. The summed E-state index contributed by atoms with van der Waals surface area (Å²) in [5.41, 5.74) is 0.803. The maximum Gasteiger partial charge on any atom is 0.266 e. The molecule has 1 heterocycles. The van der Waals surface area contributed by atoms with Crippen LogP contribution in [0.25, 0.3) is 11.3 Å². The molecule has 9 heteroatoms. The van der Waals surface area contributed by atoms with E-state index in [-0.39, 0.29) is 41.5 Å². The molecule has 1 amide bonds. The Balaban J connectivity index is 1.55. The molecular formula is C21H20FN3O4S. The highest BCUT2D eigenvalue weighted by Crippen LogP contribution is 2.15. The van der Waals surface area contributed by atoms with Gasteiger partial charge in [0.15, 0.2) is 9.84 Å². The molecule has 0 fully saturated rings. The molecule has 0 aliphatic rings. The maximum atomic E-state index is 13.1. The second-order valence-electron chi connectivity index (χ2n) is 6.52. The summed E-state index contributed by atoms with van der Waals surface area (Å²) in [6.45, 7) is 0.231. The van der Waals surface area contributed by atoms with Crippen LogP contribution in [-0.4, -0.2) is 36.4 Å². The molecule has 0 aliphatic carbocycles. The van der Waals surface area contributed by atoms with Crippen molar-refractivity contribution in [3.8, 4) is 11.3 Å². The van der Waals surface area contributed by atoms with Crippen molar-refractivity contribution in [2.45, 2.75) is 17.9 Å². The number of rotatable bonds is 8. The van der Waals surface area contributed by atoms with E-state index in [9.17, 15) is 22.4 Å². The first-order chi connectivity index (χ1) is 14.3. The van der Waals surface area contributed by atoms with Gasteiger partial charge in [0.1, 0.15) is 5.82 Å². The number of nitrogens with one attached hydrogen (secondary N) is 1. The van der Waals surface area contributed by atoms with E-state index in [0.29, 0.717) is 11.3 Å². The third-order valence-corrected chi connectivity index (χ3v) is 6.08. The number of nitrogens with zero attached hydrogens (tertiary/aromatic N) is 2. The topological polar surface area (TPSA) is 98.1 Å². The molecule has 0 saturated carbocycles. The Morgan fingerprint density at radius 2 is 1.70 bits per heavy atom. The van der Waals surface area contributed by atoms with Gasteiger partial charge in [-0.2, -0.15) is 5.10 Å². The summed E-state index contributed by atoms with van der Waals surface area (Å²) in [6, 6.07) is 16.5. The lowest BCUT2D eigenvalue weighted by molar-refractivity contribution is -0.120. The number of sulfone groups is 1. The highest BCUT2D eigenvalue weighted by molar-refractivity contribution is 7.91. The smallest absolute Gasteiger partial charge is 0.266 e. The Bertz CT molecular complexity index is 1180. The standard InChI is InChI=1S/C21H20FN3O4S/c22-17-8-6-16(7-9-17)19-10-11-21(27)25(24-19)14-13-23-20(26)12-15-30(28,29)18-4-2-1-3-5-18/h1-11H,12-15H2,(H,23,26). The van der Waals surface area contributed by atoms with E-state index >= 15 is 0 Å². The third kappa shape index (κ3) is 5.60. The van der Waals surface area contributed by atoms with Crippen LogP contribution in [0.15, 0.2) is 76.4 Å². The van der Waals surface area contributed by atoms with Crippen LogP contribution in [0.4, 0.5) is 4.39 Å². The molecule has 30 heavy (non-hydrogen) atoms. The van der Waals surface area contributed by atoms with Gasteiger partial charge >= 0.3 is 0 Å². The second kappa shape index (κ2) is 9.45. The lowest BCUT2D eigenvalue weighted by atomic mass is 10.1. The van der Waals surface area contributed by atoms with E-state index in [1.807, 2.05) is 0 Å². The van der Waals surface area contributed by atoms with E-state index in [0.717, 1.165) is 0 Å². The molecule has 156 valence electrons. The van der Waals surface area contributed by atoms with Crippen LogP contribution in [0, 0.1) is 5.82 Å². The zero-order chi connectivity index (χ0) is 21.6. The van der Waals surface area contributed by atoms with Crippen LogP contribution < -0.4 is 10.9 Å². The average molecular weight is 429 g/mol. The van der Waals surface area contributed by atoms with Crippen molar-refractivity contribution in [1.29, 1.82) is 0 Å². The molecule has 0 atom stereocenters. The normalized spacial score (nSPS) is 11.2. The highest BCUT2D eigenvalue weighted by atomic mass is 32.2. The summed E-state index contributed by atoms with van der Waals surface area (Å²) in [5.74, 6) is -1.11. The van der Waals surface area contributed by atoms with E-state index in [4.69, 9.17) is 0 Å². The summed E-state index contributed by atoms with van der Waals surface area (Å²) in [5, 5.41) is 6.82. The molecule has 3 aromatic rings. The van der Waals surface area contributed by atoms with Crippen LogP contribution >= 0.6 is 0 Å². The molecule has 3 rings (SSSR count). The first kappa shape index (κ1) is 21.4. The summed E-state index contributed by atoms with van der Waals surface area (Å²) in [7, 11) is -3.53. The minimum absolute atomic E-state index is 0.115. The average Bonchev–Trinajstić information content (AvgIpc) is 2.75. The molecule has 2 aromatic carbocycles. The maximum absolute atomic E-state index is 13.1. The van der Waals surface area contributed by atoms with Crippen LogP contribution in [0.3, 0.4) is 0 Å². The number of carbonyl (C=O) groups excluding carboxylic acids is 1. The molecule has 0 aliphatic heterocycles. The molecule has 0 spiro atoms. The Kier molecular flexibility index (Phi) is 6.73. The summed E-state index contributed by atoms with van der Waals surface area (Å²) >= 11 is 0. The van der Waals surface area contributed by atoms with Crippen LogP contribution in [0.1, 0.15) is 6.42 Å². The van der Waals surface area contributed by atoms with Crippen molar-refractivity contribution in [2.24, 2.45) is 0 Å². The molecule has 1 aromatic heterocycles. The van der Waals surface area contributed by atoms with Gasteiger partial charge in [-0.15, -0.1) is 0 Å². The Labute approximate surface area is 173 Å². The minimum Gasteiger partial charge on any atom is -0.354 e. The number of amides is 1. The highest BCUT2D eigenvalue weighted by Gasteiger charge is 2.16. The van der Waals surface area contributed by atoms with E-state index in [1.54, 1.807) is 36.4 Å². The zero-order valence-electron chi connectivity index (χ0n) is 16.0. The number of carbonyl (C=O) groups is 1. The first-order valence-corrected chi connectivity index (χ1v) is 10.9. The fourth-order valence-corrected chi connectivity index (χ4v) is 4.01. The van der Waals surface area contributed by atoms with Crippen LogP contribution in [-0.2, 0) is 21.2 Å². The van der Waals surface area contributed by atoms with Crippen LogP contribution in [0.5, 0.6) is 0 Å². The fraction of sp³-hybridized carbons (Fsp3) is 0.190. The van der Waals surface area contributed by atoms with Crippen molar-refractivity contribution in [2.75, 3.05) is 12.3 Å². The van der Waals surface area contributed by atoms with Crippen molar-refractivity contribution in [3.05, 3.63) is 82.9 Å². The molecular weight excluding hydrogens is 409 g/mol. The lowest BCUT2D eigenvalue weighted by Crippen LogP contribution is -2.32. The SMILES string of the molecule is O=C(CCS(=O)(=O)c1ccccc1)NCCn1nc(-c2ccc(F)cc2)ccc1=O. The van der Waals surface area contributed by atoms with Crippen molar-refractivity contribution >= 4 is 15.7 Å². The zero-order valence-corrected chi connectivity index (χ0v) is 16.8. The first-order valence-electron chi connectivity index (χ1n) is 9.24. The molecule has 1 N–H and O–H groups in total. The Hall–Kier alpha value is -3.33. The Morgan fingerprint density at radius 1 is 1.00 bits per heavy atom. The number of hydrogen-bond acceptors (Lipinski definition) is 5. The van der Waals surface area contributed by atoms with Crippen molar-refractivity contribution in [1.82, 2.24) is 15.1 Å². The van der Waals surface area contributed by atoms with Gasteiger partial charge in [0.25, 0.3) is 5.56 Å². The minimum atomic E-state index is -3.53. The fourth-order valence-electron chi connectivity index (χ4n) is 2.75. The van der Waals surface area contributed by atoms with E-state index in [2.05, 4.69) is 10.4 Å². The van der Waals surface area contributed by atoms with Crippen LogP contribution in [0.2, 0.25) is 0 Å². The lowest BCUT2D eigenvalue weighted by Gasteiger charge is -2.09. The van der Waals surface area contributed by atoms with Gasteiger partial charge in [-0.1, -0.05) is 18.2 Å². The molecule has 7 nitrogen and oxygen atoms in total. The summed E-state index contributed by atoms with van der Waals surface area (Å²) < 4.78 is 38.7. The van der Waals surface area contributed by atoms with Gasteiger partial charge in [-0.25, -0.2) is 17.5 Å². The molecule has 0 bridgehead atoms. The number of hydrogen-bond donors (Lipinski definition) is 1. The summed E-state index contributed by atoms with van der Waals surface area (Å²) in [4.78, 5) is 24.2. The largest absolute Gasteiger partial charge is 0.354 e.